The van der Waals surface area contributed by atoms with Crippen molar-refractivity contribution in [2.24, 2.45) is 4.99 Å². The zero-order valence-corrected chi connectivity index (χ0v) is 13.6. The second kappa shape index (κ2) is 6.52. The van der Waals surface area contributed by atoms with Gasteiger partial charge in [-0.2, -0.15) is 11.8 Å². The quantitative estimate of drug-likeness (QED) is 0.684. The Bertz CT molecular complexity index is 469. The van der Waals surface area contributed by atoms with Crippen molar-refractivity contribution in [3.63, 3.8) is 0 Å². The van der Waals surface area contributed by atoms with Crippen LogP contribution in [0.25, 0.3) is 0 Å². The third-order valence-corrected chi connectivity index (χ3v) is 4.62. The van der Waals surface area contributed by atoms with E-state index >= 15 is 0 Å². The van der Waals surface area contributed by atoms with Gasteiger partial charge in [0.1, 0.15) is 0 Å². The molecule has 0 radical (unpaired) electrons. The summed E-state index contributed by atoms with van der Waals surface area (Å²) >= 11 is 2.02. The summed E-state index contributed by atoms with van der Waals surface area (Å²) < 4.78 is 5.56. The maximum atomic E-state index is 5.29. The molecule has 1 aliphatic rings. The molecule has 0 spiro atoms. The fourth-order valence-corrected chi connectivity index (χ4v) is 3.41. The lowest BCUT2D eigenvalue weighted by atomic mass is 10.2. The number of hydrogen-bond acceptors (Lipinski definition) is 4. The largest absolute Gasteiger partial charge is 0.359 e. The highest BCUT2D eigenvalue weighted by Gasteiger charge is 2.28. The fourth-order valence-electron chi connectivity index (χ4n) is 2.30. The second-order valence-electron chi connectivity index (χ2n) is 5.57. The first kappa shape index (κ1) is 15.2. The highest BCUT2D eigenvalue weighted by molar-refractivity contribution is 8.00. The van der Waals surface area contributed by atoms with Crippen LogP contribution >= 0.6 is 11.8 Å². The highest BCUT2D eigenvalue weighted by Crippen LogP contribution is 2.29. The average Bonchev–Trinajstić information content (AvgIpc) is 2.86. The lowest BCUT2D eigenvalue weighted by Crippen LogP contribution is -2.50. The van der Waals surface area contributed by atoms with Gasteiger partial charge < -0.3 is 14.7 Å². The first-order valence-corrected chi connectivity index (χ1v) is 8.06. The van der Waals surface area contributed by atoms with Crippen molar-refractivity contribution in [3.05, 3.63) is 17.5 Å². The van der Waals surface area contributed by atoms with Crippen molar-refractivity contribution in [3.8, 4) is 0 Å². The molecular formula is C14H24N4OS. The number of guanidine groups is 1. The van der Waals surface area contributed by atoms with E-state index in [1.54, 1.807) is 0 Å². The van der Waals surface area contributed by atoms with E-state index < -0.39 is 0 Å². The van der Waals surface area contributed by atoms with E-state index in [0.29, 0.717) is 6.54 Å². The lowest BCUT2D eigenvalue weighted by molar-refractivity contribution is 0.358. The molecule has 6 heteroatoms. The summed E-state index contributed by atoms with van der Waals surface area (Å²) in [5, 5.41) is 7.37. The zero-order valence-electron chi connectivity index (χ0n) is 12.8. The number of nitrogens with zero attached hydrogens (tertiary/aromatic N) is 3. The molecule has 1 saturated heterocycles. The van der Waals surface area contributed by atoms with Crippen LogP contribution in [0.15, 0.2) is 15.6 Å². The van der Waals surface area contributed by atoms with Crippen molar-refractivity contribution in [2.45, 2.75) is 38.5 Å². The van der Waals surface area contributed by atoms with Crippen molar-refractivity contribution in [1.82, 2.24) is 15.4 Å². The molecule has 0 atom stereocenters. The molecule has 0 aromatic carbocycles. The highest BCUT2D eigenvalue weighted by atomic mass is 32.2. The fraction of sp³-hybridized carbons (Fsp3) is 0.714. The van der Waals surface area contributed by atoms with Crippen LogP contribution in [-0.2, 0) is 13.0 Å². The minimum absolute atomic E-state index is 0.275. The summed E-state index contributed by atoms with van der Waals surface area (Å²) in [6.45, 7) is 9.30. The lowest BCUT2D eigenvalue weighted by Gasteiger charge is -2.39. The van der Waals surface area contributed by atoms with Crippen LogP contribution < -0.4 is 5.32 Å². The van der Waals surface area contributed by atoms with Gasteiger partial charge in [-0.05, 0) is 20.3 Å². The Morgan fingerprint density at radius 2 is 2.40 bits per heavy atom. The van der Waals surface area contributed by atoms with E-state index in [9.17, 15) is 0 Å². The minimum Gasteiger partial charge on any atom is -0.359 e. The van der Waals surface area contributed by atoms with Crippen molar-refractivity contribution < 1.29 is 4.52 Å². The molecule has 112 valence electrons. The topological polar surface area (TPSA) is 53.7 Å². The Morgan fingerprint density at radius 3 is 3.00 bits per heavy atom. The number of aryl methyl sites for hydroxylation is 1. The zero-order chi connectivity index (χ0) is 14.6. The Labute approximate surface area is 125 Å². The number of thioether (sulfide) groups is 1. The molecule has 1 N–H and O–H groups in total. The van der Waals surface area contributed by atoms with Gasteiger partial charge in [0.2, 0.25) is 0 Å². The maximum Gasteiger partial charge on any atom is 0.194 e. The Kier molecular flexibility index (Phi) is 4.96. The van der Waals surface area contributed by atoms with Crippen molar-refractivity contribution in [1.29, 1.82) is 0 Å². The van der Waals surface area contributed by atoms with Gasteiger partial charge in [0.05, 0.1) is 12.2 Å². The Balaban J connectivity index is 1.92. The van der Waals surface area contributed by atoms with Crippen LogP contribution in [0.4, 0.5) is 0 Å². The van der Waals surface area contributed by atoms with Gasteiger partial charge in [0.15, 0.2) is 11.7 Å². The van der Waals surface area contributed by atoms with E-state index in [4.69, 9.17) is 4.52 Å². The molecule has 2 heterocycles. The number of hydrogen-bond donors (Lipinski definition) is 1. The summed E-state index contributed by atoms with van der Waals surface area (Å²) in [4.78, 5) is 6.69. The second-order valence-corrected chi connectivity index (χ2v) is 7.37. The Morgan fingerprint density at radius 1 is 1.60 bits per heavy atom. The monoisotopic (exact) mass is 296 g/mol. The van der Waals surface area contributed by atoms with Gasteiger partial charge in [0, 0.05) is 36.7 Å². The molecule has 20 heavy (non-hydrogen) atoms. The molecule has 1 aromatic heterocycles. The average molecular weight is 296 g/mol. The van der Waals surface area contributed by atoms with Gasteiger partial charge in [-0.1, -0.05) is 12.1 Å². The third kappa shape index (κ3) is 3.91. The van der Waals surface area contributed by atoms with Crippen LogP contribution in [0.2, 0.25) is 0 Å². The molecule has 0 bridgehead atoms. The Hall–Kier alpha value is -1.17. The van der Waals surface area contributed by atoms with E-state index in [-0.39, 0.29) is 4.75 Å². The molecular weight excluding hydrogens is 272 g/mol. The summed E-state index contributed by atoms with van der Waals surface area (Å²) in [7, 11) is 1.83. The molecule has 1 fully saturated rings. The SMILES string of the molecule is CCc1cc(CNC(=NC)N2CCSC(C)(C)C2)on1. The molecule has 0 unspecified atom stereocenters. The molecule has 5 nitrogen and oxygen atoms in total. The van der Waals surface area contributed by atoms with E-state index in [2.05, 4.69) is 41.1 Å². The minimum atomic E-state index is 0.275. The molecule has 1 aliphatic heterocycles. The van der Waals surface area contributed by atoms with Crippen LogP contribution in [0.3, 0.4) is 0 Å². The van der Waals surface area contributed by atoms with E-state index in [1.165, 1.54) is 0 Å². The number of aromatic nitrogens is 1. The predicted octanol–water partition coefficient (Wildman–Crippen LogP) is 2.14. The number of aliphatic imine (C=N–C) groups is 1. The van der Waals surface area contributed by atoms with Crippen molar-refractivity contribution in [2.75, 3.05) is 25.9 Å². The van der Waals surface area contributed by atoms with E-state index in [1.807, 2.05) is 24.9 Å². The number of nitrogens with one attached hydrogen (secondary N) is 1. The summed E-state index contributed by atoms with van der Waals surface area (Å²) in [6, 6.07) is 2.00. The van der Waals surface area contributed by atoms with Gasteiger partial charge in [-0.3, -0.25) is 4.99 Å². The normalized spacial score (nSPS) is 19.2. The van der Waals surface area contributed by atoms with Crippen molar-refractivity contribution >= 4 is 17.7 Å². The first-order chi connectivity index (χ1) is 9.54. The first-order valence-electron chi connectivity index (χ1n) is 7.08. The summed E-state index contributed by atoms with van der Waals surface area (Å²) in [5.74, 6) is 2.93. The summed E-state index contributed by atoms with van der Waals surface area (Å²) in [5.41, 5.74) is 0.993. The van der Waals surface area contributed by atoms with Gasteiger partial charge >= 0.3 is 0 Å². The molecule has 0 aliphatic carbocycles. The molecule has 2 rings (SSSR count). The van der Waals surface area contributed by atoms with Gasteiger partial charge in [0.25, 0.3) is 0 Å². The molecule has 1 aromatic rings. The van der Waals surface area contributed by atoms with Crippen LogP contribution in [-0.4, -0.2) is 46.7 Å². The molecule has 0 saturated carbocycles. The van der Waals surface area contributed by atoms with Crippen LogP contribution in [0, 0.1) is 0 Å². The standard InChI is InChI=1S/C14H24N4OS/c1-5-11-8-12(19-17-11)9-16-13(15-4)18-6-7-20-14(2,3)10-18/h8H,5-7,9-10H2,1-4H3,(H,15,16). The summed E-state index contributed by atoms with van der Waals surface area (Å²) in [6.07, 6.45) is 0.899. The van der Waals surface area contributed by atoms with Crippen LogP contribution in [0.5, 0.6) is 0 Å². The number of rotatable bonds is 3. The molecule has 0 amide bonds. The van der Waals surface area contributed by atoms with E-state index in [0.717, 1.165) is 42.7 Å². The van der Waals surface area contributed by atoms with Gasteiger partial charge in [-0.15, -0.1) is 0 Å². The maximum absolute atomic E-state index is 5.29. The predicted molar refractivity (Wildman–Crippen MR) is 84.2 cm³/mol. The smallest absolute Gasteiger partial charge is 0.194 e. The van der Waals surface area contributed by atoms with Gasteiger partial charge in [-0.25, -0.2) is 0 Å². The third-order valence-electron chi connectivity index (χ3n) is 3.33. The van der Waals surface area contributed by atoms with Crippen LogP contribution in [0.1, 0.15) is 32.2 Å².